The van der Waals surface area contributed by atoms with Crippen LogP contribution >= 0.6 is 0 Å². The Morgan fingerprint density at radius 1 is 1.40 bits per heavy atom. The number of aliphatic hydroxyl groups is 2. The molecule has 4 heteroatoms. The monoisotopic (exact) mass is 217 g/mol. The van der Waals surface area contributed by atoms with Crippen LogP contribution < -0.4 is 0 Å². The van der Waals surface area contributed by atoms with Crippen molar-refractivity contribution in [3.8, 4) is 0 Å². The van der Waals surface area contributed by atoms with Gasteiger partial charge >= 0.3 is 0 Å². The van der Waals surface area contributed by atoms with Crippen molar-refractivity contribution in [3.63, 3.8) is 0 Å². The summed E-state index contributed by atoms with van der Waals surface area (Å²) in [5, 5.41) is 18.7. The molecule has 0 aromatic rings. The van der Waals surface area contributed by atoms with Gasteiger partial charge in [-0.25, -0.2) is 0 Å². The van der Waals surface area contributed by atoms with Crippen molar-refractivity contribution >= 4 is 0 Å². The van der Waals surface area contributed by atoms with E-state index in [-0.39, 0.29) is 18.8 Å². The highest BCUT2D eigenvalue weighted by Gasteiger charge is 2.25. The zero-order chi connectivity index (χ0) is 11.5. The molecule has 0 aromatic heterocycles. The van der Waals surface area contributed by atoms with E-state index in [2.05, 4.69) is 4.90 Å². The van der Waals surface area contributed by atoms with E-state index in [9.17, 15) is 5.11 Å². The molecule has 2 unspecified atom stereocenters. The fourth-order valence-corrected chi connectivity index (χ4v) is 1.86. The van der Waals surface area contributed by atoms with Crippen LogP contribution in [-0.4, -0.2) is 59.2 Å². The Bertz CT molecular complexity index is 191. The quantitative estimate of drug-likeness (QED) is 0.708. The van der Waals surface area contributed by atoms with Gasteiger partial charge in [0.2, 0.25) is 0 Å². The van der Waals surface area contributed by atoms with Crippen molar-refractivity contribution < 1.29 is 14.9 Å². The second kappa shape index (κ2) is 5.25. The third-order valence-corrected chi connectivity index (χ3v) is 2.65. The van der Waals surface area contributed by atoms with Crippen molar-refractivity contribution in [2.24, 2.45) is 0 Å². The van der Waals surface area contributed by atoms with E-state index >= 15 is 0 Å². The predicted molar refractivity (Wildman–Crippen MR) is 58.8 cm³/mol. The van der Waals surface area contributed by atoms with Crippen LogP contribution in [0.4, 0.5) is 0 Å². The Morgan fingerprint density at radius 3 is 2.60 bits per heavy atom. The highest BCUT2D eigenvalue weighted by atomic mass is 16.5. The molecule has 1 fully saturated rings. The number of aliphatic hydroxyl groups excluding tert-OH is 1. The molecule has 1 heterocycles. The Balaban J connectivity index is 2.35. The maximum atomic E-state index is 9.63. The largest absolute Gasteiger partial charge is 0.394 e. The molecule has 0 bridgehead atoms. The number of nitrogens with zero attached hydrogens (tertiary/aromatic N) is 1. The van der Waals surface area contributed by atoms with Crippen LogP contribution in [0.3, 0.4) is 0 Å². The summed E-state index contributed by atoms with van der Waals surface area (Å²) in [4.78, 5) is 2.24. The molecule has 90 valence electrons. The lowest BCUT2D eigenvalue weighted by Crippen LogP contribution is -2.49. The minimum atomic E-state index is -0.615. The first-order valence-electron chi connectivity index (χ1n) is 5.62. The number of rotatable bonds is 4. The van der Waals surface area contributed by atoms with Crippen LogP contribution in [0.5, 0.6) is 0 Å². The Morgan fingerprint density at radius 2 is 2.07 bits per heavy atom. The SMILES string of the molecule is CC1CN(CCC(C)(C)O)CC(CO)O1. The van der Waals surface area contributed by atoms with Crippen molar-refractivity contribution in [1.82, 2.24) is 4.90 Å². The van der Waals surface area contributed by atoms with Crippen LogP contribution in [0.25, 0.3) is 0 Å². The average Bonchev–Trinajstić information content (AvgIpc) is 2.13. The molecule has 2 atom stereocenters. The molecule has 0 amide bonds. The van der Waals surface area contributed by atoms with E-state index in [0.717, 1.165) is 26.1 Å². The molecule has 0 saturated carbocycles. The molecule has 1 aliphatic heterocycles. The standard InChI is InChI=1S/C11H23NO3/c1-9-6-12(5-4-11(2,3)14)7-10(8-13)15-9/h9-10,13-14H,4-8H2,1-3H3. The summed E-state index contributed by atoms with van der Waals surface area (Å²) < 4.78 is 5.54. The molecule has 15 heavy (non-hydrogen) atoms. The van der Waals surface area contributed by atoms with E-state index in [0.29, 0.717) is 0 Å². The second-order valence-corrected chi connectivity index (χ2v) is 5.07. The number of hydrogen-bond acceptors (Lipinski definition) is 4. The highest BCUT2D eigenvalue weighted by Crippen LogP contribution is 2.14. The van der Waals surface area contributed by atoms with Crippen LogP contribution in [0, 0.1) is 0 Å². The lowest BCUT2D eigenvalue weighted by molar-refractivity contribution is -0.0984. The Hall–Kier alpha value is -0.160. The van der Waals surface area contributed by atoms with Crippen molar-refractivity contribution in [1.29, 1.82) is 0 Å². The summed E-state index contributed by atoms with van der Waals surface area (Å²) in [5.74, 6) is 0. The summed E-state index contributed by atoms with van der Waals surface area (Å²) in [7, 11) is 0. The van der Waals surface area contributed by atoms with E-state index in [1.54, 1.807) is 0 Å². The number of ether oxygens (including phenoxy) is 1. The summed E-state index contributed by atoms with van der Waals surface area (Å²) in [6.07, 6.45) is 0.839. The van der Waals surface area contributed by atoms with E-state index in [1.165, 1.54) is 0 Å². The Kier molecular flexibility index (Phi) is 4.52. The second-order valence-electron chi connectivity index (χ2n) is 5.07. The summed E-state index contributed by atoms with van der Waals surface area (Å²) in [6.45, 7) is 8.22. The zero-order valence-corrected chi connectivity index (χ0v) is 9.94. The van der Waals surface area contributed by atoms with Crippen LogP contribution in [-0.2, 0) is 4.74 Å². The molecular formula is C11H23NO3. The van der Waals surface area contributed by atoms with E-state index in [1.807, 2.05) is 20.8 Å². The zero-order valence-electron chi connectivity index (χ0n) is 9.94. The van der Waals surface area contributed by atoms with Crippen LogP contribution in [0.1, 0.15) is 27.2 Å². The van der Waals surface area contributed by atoms with E-state index in [4.69, 9.17) is 9.84 Å². The van der Waals surface area contributed by atoms with Gasteiger partial charge in [0, 0.05) is 19.6 Å². The van der Waals surface area contributed by atoms with Gasteiger partial charge < -0.3 is 14.9 Å². The number of morpholine rings is 1. The third-order valence-electron chi connectivity index (χ3n) is 2.65. The third kappa shape index (κ3) is 4.93. The smallest absolute Gasteiger partial charge is 0.0936 e. The van der Waals surface area contributed by atoms with Crippen LogP contribution in [0.2, 0.25) is 0 Å². The van der Waals surface area contributed by atoms with Gasteiger partial charge in [-0.1, -0.05) is 0 Å². The normalized spacial score (nSPS) is 29.4. The lowest BCUT2D eigenvalue weighted by Gasteiger charge is -2.37. The first-order valence-corrected chi connectivity index (χ1v) is 5.62. The van der Waals surface area contributed by atoms with Gasteiger partial charge in [0.05, 0.1) is 24.4 Å². The fourth-order valence-electron chi connectivity index (χ4n) is 1.86. The molecular weight excluding hydrogens is 194 g/mol. The van der Waals surface area contributed by atoms with Crippen molar-refractivity contribution in [3.05, 3.63) is 0 Å². The van der Waals surface area contributed by atoms with Gasteiger partial charge in [-0.2, -0.15) is 0 Å². The molecule has 0 aliphatic carbocycles. The molecule has 2 N–H and O–H groups in total. The van der Waals surface area contributed by atoms with Crippen molar-refractivity contribution in [2.75, 3.05) is 26.2 Å². The molecule has 0 radical (unpaired) electrons. The molecule has 4 nitrogen and oxygen atoms in total. The summed E-state index contributed by atoms with van der Waals surface area (Å²) >= 11 is 0. The number of hydrogen-bond donors (Lipinski definition) is 2. The maximum absolute atomic E-state index is 9.63. The summed E-state index contributed by atoms with van der Waals surface area (Å²) in [6, 6.07) is 0. The van der Waals surface area contributed by atoms with Gasteiger partial charge in [-0.05, 0) is 27.2 Å². The van der Waals surface area contributed by atoms with Gasteiger partial charge in [-0.15, -0.1) is 0 Å². The van der Waals surface area contributed by atoms with Gasteiger partial charge in [0.25, 0.3) is 0 Å². The highest BCUT2D eigenvalue weighted by molar-refractivity contribution is 4.77. The minimum Gasteiger partial charge on any atom is -0.394 e. The molecule has 0 aromatic carbocycles. The maximum Gasteiger partial charge on any atom is 0.0936 e. The molecule has 0 spiro atoms. The topological polar surface area (TPSA) is 52.9 Å². The van der Waals surface area contributed by atoms with E-state index < -0.39 is 5.60 Å². The first-order chi connectivity index (χ1) is 6.90. The first kappa shape index (κ1) is 12.9. The molecule has 1 saturated heterocycles. The van der Waals surface area contributed by atoms with Gasteiger partial charge in [0.1, 0.15) is 0 Å². The predicted octanol–water partition coefficient (Wildman–Crippen LogP) is 0.229. The van der Waals surface area contributed by atoms with Crippen LogP contribution in [0.15, 0.2) is 0 Å². The van der Waals surface area contributed by atoms with Gasteiger partial charge in [-0.3, -0.25) is 4.90 Å². The van der Waals surface area contributed by atoms with Gasteiger partial charge in [0.15, 0.2) is 0 Å². The summed E-state index contributed by atoms with van der Waals surface area (Å²) in [5.41, 5.74) is -0.615. The fraction of sp³-hybridized carbons (Fsp3) is 1.00. The Labute approximate surface area is 91.8 Å². The van der Waals surface area contributed by atoms with Crippen molar-refractivity contribution in [2.45, 2.75) is 45.0 Å². The average molecular weight is 217 g/mol. The minimum absolute atomic E-state index is 0.0728. The lowest BCUT2D eigenvalue weighted by atomic mass is 10.0. The molecule has 1 aliphatic rings. The molecule has 1 rings (SSSR count).